The summed E-state index contributed by atoms with van der Waals surface area (Å²) in [4.78, 5) is 14.5. The maximum atomic E-state index is 12.6. The van der Waals surface area contributed by atoms with Gasteiger partial charge in [0.15, 0.2) is 0 Å². The van der Waals surface area contributed by atoms with Crippen LogP contribution in [0.2, 0.25) is 0 Å². The van der Waals surface area contributed by atoms with E-state index in [0.717, 1.165) is 12.8 Å². The van der Waals surface area contributed by atoms with E-state index in [9.17, 15) is 4.79 Å². The molecular weight excluding hydrogens is 264 g/mol. The standard InChI is InChI=1S/C14H26N2O2.ClH/c1-5-18-11-9-14(15,13(11,2)3)12(17)16(4)10-7-6-8-10;/h10-11H,5-9,15H2,1-4H3;1H. The van der Waals surface area contributed by atoms with Gasteiger partial charge in [0.2, 0.25) is 5.91 Å². The number of carbonyl (C=O) groups excluding carboxylic acids is 1. The maximum Gasteiger partial charge on any atom is 0.243 e. The van der Waals surface area contributed by atoms with E-state index < -0.39 is 5.54 Å². The molecule has 0 aliphatic heterocycles. The first-order valence-corrected chi connectivity index (χ1v) is 7.02. The average Bonchev–Trinajstić information content (AvgIpc) is 2.25. The quantitative estimate of drug-likeness (QED) is 0.861. The molecule has 2 unspecified atom stereocenters. The van der Waals surface area contributed by atoms with Crippen LogP contribution in [0.15, 0.2) is 0 Å². The second-order valence-electron chi connectivity index (χ2n) is 6.34. The van der Waals surface area contributed by atoms with Crippen LogP contribution in [0.4, 0.5) is 0 Å². The lowest BCUT2D eigenvalue weighted by Gasteiger charge is -2.59. The van der Waals surface area contributed by atoms with Gasteiger partial charge in [0.1, 0.15) is 5.54 Å². The number of hydrogen-bond donors (Lipinski definition) is 1. The Labute approximate surface area is 122 Å². The van der Waals surface area contributed by atoms with Crippen LogP contribution in [0.25, 0.3) is 0 Å². The molecule has 2 N–H and O–H groups in total. The van der Waals surface area contributed by atoms with Crippen molar-refractivity contribution >= 4 is 18.3 Å². The summed E-state index contributed by atoms with van der Waals surface area (Å²) in [6, 6.07) is 0.403. The van der Waals surface area contributed by atoms with Crippen molar-refractivity contribution in [1.29, 1.82) is 0 Å². The highest BCUT2D eigenvalue weighted by molar-refractivity contribution is 5.89. The SMILES string of the molecule is CCOC1CC(N)(C(=O)N(C)C2CCC2)C1(C)C.Cl. The van der Waals surface area contributed by atoms with Gasteiger partial charge in [-0.15, -0.1) is 12.4 Å². The Hall–Kier alpha value is -0.320. The Kier molecular flexibility index (Phi) is 4.92. The van der Waals surface area contributed by atoms with Gasteiger partial charge < -0.3 is 15.4 Å². The minimum atomic E-state index is -0.753. The summed E-state index contributed by atoms with van der Waals surface area (Å²) in [6.07, 6.45) is 4.21. The molecule has 4 nitrogen and oxygen atoms in total. The number of amides is 1. The molecule has 0 radical (unpaired) electrons. The molecule has 0 saturated heterocycles. The smallest absolute Gasteiger partial charge is 0.243 e. The molecule has 2 saturated carbocycles. The van der Waals surface area contributed by atoms with Crippen LogP contribution in [-0.4, -0.2) is 42.1 Å². The number of nitrogens with two attached hydrogens (primary N) is 1. The number of carbonyl (C=O) groups is 1. The van der Waals surface area contributed by atoms with Crippen LogP contribution in [0.5, 0.6) is 0 Å². The van der Waals surface area contributed by atoms with E-state index >= 15 is 0 Å². The van der Waals surface area contributed by atoms with Gasteiger partial charge in [-0.05, 0) is 26.2 Å². The first-order chi connectivity index (χ1) is 8.34. The molecule has 112 valence electrons. The van der Waals surface area contributed by atoms with E-state index in [0.29, 0.717) is 19.1 Å². The molecular formula is C14H27ClN2O2. The third kappa shape index (κ3) is 2.39. The summed E-state index contributed by atoms with van der Waals surface area (Å²) >= 11 is 0. The van der Waals surface area contributed by atoms with Crippen LogP contribution in [0.1, 0.15) is 46.5 Å². The van der Waals surface area contributed by atoms with Crippen molar-refractivity contribution < 1.29 is 9.53 Å². The second-order valence-corrected chi connectivity index (χ2v) is 6.34. The molecule has 0 spiro atoms. The molecule has 0 aromatic rings. The van der Waals surface area contributed by atoms with Crippen molar-refractivity contribution in [3.05, 3.63) is 0 Å². The van der Waals surface area contributed by atoms with Crippen LogP contribution in [-0.2, 0) is 9.53 Å². The summed E-state index contributed by atoms with van der Waals surface area (Å²) in [6.45, 7) is 6.75. The zero-order valence-corrected chi connectivity index (χ0v) is 13.3. The lowest BCUT2D eigenvalue weighted by atomic mass is 9.54. The fraction of sp³-hybridized carbons (Fsp3) is 0.929. The molecule has 19 heavy (non-hydrogen) atoms. The molecule has 0 bridgehead atoms. The van der Waals surface area contributed by atoms with Crippen LogP contribution in [0, 0.1) is 5.41 Å². The maximum absolute atomic E-state index is 12.6. The Morgan fingerprint density at radius 3 is 2.37 bits per heavy atom. The van der Waals surface area contributed by atoms with Crippen molar-refractivity contribution in [1.82, 2.24) is 4.90 Å². The largest absolute Gasteiger partial charge is 0.378 e. The van der Waals surface area contributed by atoms with Gasteiger partial charge in [-0.2, -0.15) is 0 Å². The van der Waals surface area contributed by atoms with Gasteiger partial charge in [0.05, 0.1) is 6.10 Å². The van der Waals surface area contributed by atoms with Gasteiger partial charge in [-0.3, -0.25) is 4.79 Å². The Morgan fingerprint density at radius 2 is 2.00 bits per heavy atom. The molecule has 2 aliphatic rings. The van der Waals surface area contributed by atoms with Crippen molar-refractivity contribution in [2.24, 2.45) is 11.1 Å². The molecule has 0 aromatic heterocycles. The number of ether oxygens (including phenoxy) is 1. The van der Waals surface area contributed by atoms with E-state index in [1.165, 1.54) is 6.42 Å². The van der Waals surface area contributed by atoms with E-state index in [-0.39, 0.29) is 29.8 Å². The van der Waals surface area contributed by atoms with Gasteiger partial charge in [0, 0.05) is 31.5 Å². The van der Waals surface area contributed by atoms with Crippen molar-refractivity contribution in [2.45, 2.75) is 64.1 Å². The van der Waals surface area contributed by atoms with E-state index in [4.69, 9.17) is 10.5 Å². The monoisotopic (exact) mass is 290 g/mol. The number of likely N-dealkylation sites (N-methyl/N-ethyl adjacent to an activating group) is 1. The zero-order valence-electron chi connectivity index (χ0n) is 12.4. The third-order valence-electron chi connectivity index (χ3n) is 5.15. The fourth-order valence-corrected chi connectivity index (χ4v) is 3.05. The highest BCUT2D eigenvalue weighted by Crippen LogP contribution is 2.50. The van der Waals surface area contributed by atoms with Gasteiger partial charge in [0.25, 0.3) is 0 Å². The number of rotatable bonds is 4. The summed E-state index contributed by atoms with van der Waals surface area (Å²) in [5.74, 6) is 0.0909. The van der Waals surface area contributed by atoms with Gasteiger partial charge in [-0.25, -0.2) is 0 Å². The highest BCUT2D eigenvalue weighted by atomic mass is 35.5. The number of halogens is 1. The molecule has 0 heterocycles. The Bertz CT molecular complexity index is 344. The van der Waals surface area contributed by atoms with Gasteiger partial charge >= 0.3 is 0 Å². The van der Waals surface area contributed by atoms with Gasteiger partial charge in [-0.1, -0.05) is 13.8 Å². The van der Waals surface area contributed by atoms with Crippen LogP contribution >= 0.6 is 12.4 Å². The lowest BCUT2D eigenvalue weighted by Crippen LogP contribution is -2.76. The van der Waals surface area contributed by atoms with E-state index in [1.807, 2.05) is 32.7 Å². The number of hydrogen-bond acceptors (Lipinski definition) is 3. The minimum Gasteiger partial charge on any atom is -0.378 e. The molecule has 2 rings (SSSR count). The van der Waals surface area contributed by atoms with Crippen molar-refractivity contribution in [3.63, 3.8) is 0 Å². The summed E-state index contributed by atoms with van der Waals surface area (Å²) in [5.41, 5.74) is 5.36. The fourth-order valence-electron chi connectivity index (χ4n) is 3.05. The first kappa shape index (κ1) is 16.7. The normalized spacial score (nSPS) is 32.8. The summed E-state index contributed by atoms with van der Waals surface area (Å²) in [5, 5.41) is 0. The summed E-state index contributed by atoms with van der Waals surface area (Å²) in [7, 11) is 1.89. The first-order valence-electron chi connectivity index (χ1n) is 7.02. The molecule has 2 fully saturated rings. The Balaban J connectivity index is 0.00000180. The predicted octanol–water partition coefficient (Wildman–Crippen LogP) is 1.95. The third-order valence-corrected chi connectivity index (χ3v) is 5.15. The molecule has 5 heteroatoms. The highest BCUT2D eigenvalue weighted by Gasteiger charge is 2.63. The zero-order chi connectivity index (χ0) is 13.6. The molecule has 0 aromatic carbocycles. The molecule has 2 aliphatic carbocycles. The van der Waals surface area contributed by atoms with Crippen molar-refractivity contribution in [2.75, 3.05) is 13.7 Å². The predicted molar refractivity (Wildman–Crippen MR) is 78.4 cm³/mol. The molecule has 2 atom stereocenters. The lowest BCUT2D eigenvalue weighted by molar-refractivity contribution is -0.181. The van der Waals surface area contributed by atoms with Crippen LogP contribution < -0.4 is 5.73 Å². The minimum absolute atomic E-state index is 0. The Morgan fingerprint density at radius 1 is 1.42 bits per heavy atom. The average molecular weight is 291 g/mol. The topological polar surface area (TPSA) is 55.6 Å². The van der Waals surface area contributed by atoms with Crippen LogP contribution in [0.3, 0.4) is 0 Å². The number of nitrogens with zero attached hydrogens (tertiary/aromatic N) is 1. The van der Waals surface area contributed by atoms with Crippen molar-refractivity contribution in [3.8, 4) is 0 Å². The van der Waals surface area contributed by atoms with E-state index in [1.54, 1.807) is 0 Å². The summed E-state index contributed by atoms with van der Waals surface area (Å²) < 4.78 is 5.67. The second kappa shape index (κ2) is 5.58. The molecule has 1 amide bonds. The van der Waals surface area contributed by atoms with E-state index in [2.05, 4.69) is 0 Å².